The van der Waals surface area contributed by atoms with E-state index in [2.05, 4.69) is 9.50 Å². The van der Waals surface area contributed by atoms with E-state index in [0.717, 1.165) is 11.3 Å². The number of aromatic nitrogens is 2. The molecule has 6 rings (SSSR count). The van der Waals surface area contributed by atoms with Gasteiger partial charge in [-0.15, -0.1) is 4.40 Å². The molecule has 0 spiro atoms. The lowest BCUT2D eigenvalue weighted by molar-refractivity contribution is 0.0977. The van der Waals surface area contributed by atoms with Gasteiger partial charge in [0, 0.05) is 23.4 Å². The third-order valence-electron chi connectivity index (χ3n) is 6.98. The highest BCUT2D eigenvalue weighted by Gasteiger charge is 2.30. The number of rotatable bonds is 4. The summed E-state index contributed by atoms with van der Waals surface area (Å²) < 4.78 is 53.7. The Balaban J connectivity index is 1.39. The van der Waals surface area contributed by atoms with Crippen LogP contribution in [0.3, 0.4) is 0 Å². The number of benzene rings is 3. The summed E-state index contributed by atoms with van der Waals surface area (Å²) in [5, 5.41) is 9.94. The Hall–Kier alpha value is -4.33. The number of aryl methyl sites for hydroxylation is 2. The minimum absolute atomic E-state index is 0.00951. The van der Waals surface area contributed by atoms with E-state index >= 15 is 0 Å². The van der Waals surface area contributed by atoms with Crippen molar-refractivity contribution >= 4 is 37.5 Å². The normalized spacial score (nSPS) is 15.8. The SMILES string of the molecule is Cc1cc(C(=O)N2CCCc3cc(-c4ccccc4S(N)(=O)=O)ccc32)n(-c2ccc3c(c2)C(N)=NS3(=O)=O)n1. The maximum absolute atomic E-state index is 13.9. The molecule has 2 aliphatic heterocycles. The van der Waals surface area contributed by atoms with Gasteiger partial charge >= 0.3 is 0 Å². The molecule has 1 amide bonds. The highest BCUT2D eigenvalue weighted by atomic mass is 32.2. The molecule has 3 heterocycles. The van der Waals surface area contributed by atoms with E-state index < -0.39 is 20.0 Å². The van der Waals surface area contributed by atoms with Crippen molar-refractivity contribution in [3.8, 4) is 16.8 Å². The number of amidine groups is 1. The van der Waals surface area contributed by atoms with Gasteiger partial charge in [-0.05, 0) is 73.4 Å². The van der Waals surface area contributed by atoms with Crippen LogP contribution >= 0.6 is 0 Å². The van der Waals surface area contributed by atoms with E-state index in [1.54, 1.807) is 54.3 Å². The van der Waals surface area contributed by atoms with Gasteiger partial charge < -0.3 is 10.6 Å². The zero-order chi connectivity index (χ0) is 28.4. The summed E-state index contributed by atoms with van der Waals surface area (Å²) in [5.41, 5.74) is 10.3. The number of primary sulfonamides is 1. The van der Waals surface area contributed by atoms with Gasteiger partial charge in [0.15, 0.2) is 0 Å². The van der Waals surface area contributed by atoms with Gasteiger partial charge in [0.1, 0.15) is 16.4 Å². The number of hydrogen-bond donors (Lipinski definition) is 2. The van der Waals surface area contributed by atoms with E-state index in [-0.39, 0.29) is 27.1 Å². The van der Waals surface area contributed by atoms with Gasteiger partial charge in [0.25, 0.3) is 15.9 Å². The van der Waals surface area contributed by atoms with Crippen LogP contribution in [0.4, 0.5) is 5.69 Å². The fourth-order valence-electron chi connectivity index (χ4n) is 5.22. The lowest BCUT2D eigenvalue weighted by Gasteiger charge is -2.30. The van der Waals surface area contributed by atoms with Crippen molar-refractivity contribution < 1.29 is 21.6 Å². The second-order valence-corrected chi connectivity index (χ2v) is 12.8. The molecular weight excluding hydrogens is 552 g/mol. The number of fused-ring (bicyclic) bond motifs is 2. The van der Waals surface area contributed by atoms with Gasteiger partial charge in [-0.1, -0.05) is 24.3 Å². The summed E-state index contributed by atoms with van der Waals surface area (Å²) >= 11 is 0. The Labute approximate surface area is 230 Å². The highest BCUT2D eigenvalue weighted by molar-refractivity contribution is 7.90. The largest absolute Gasteiger partial charge is 0.382 e. The Morgan fingerprint density at radius 3 is 2.55 bits per heavy atom. The number of nitrogens with two attached hydrogens (primary N) is 2. The van der Waals surface area contributed by atoms with E-state index in [1.807, 2.05) is 12.1 Å². The summed E-state index contributed by atoms with van der Waals surface area (Å²) in [5.74, 6) is -0.396. The monoisotopic (exact) mass is 576 g/mol. The van der Waals surface area contributed by atoms with Gasteiger partial charge in [-0.25, -0.2) is 18.2 Å². The summed E-state index contributed by atoms with van der Waals surface area (Å²) in [6, 6.07) is 18.2. The van der Waals surface area contributed by atoms with Crippen molar-refractivity contribution in [1.29, 1.82) is 0 Å². The molecule has 0 unspecified atom stereocenters. The van der Waals surface area contributed by atoms with E-state index in [4.69, 9.17) is 10.9 Å². The van der Waals surface area contributed by atoms with Crippen LogP contribution in [0.15, 0.2) is 80.9 Å². The Morgan fingerprint density at radius 2 is 1.77 bits per heavy atom. The van der Waals surface area contributed by atoms with Crippen molar-refractivity contribution in [3.05, 3.63) is 89.2 Å². The van der Waals surface area contributed by atoms with Gasteiger partial charge in [0.05, 0.1) is 16.3 Å². The second kappa shape index (κ2) is 9.11. The van der Waals surface area contributed by atoms with Gasteiger partial charge in [-0.3, -0.25) is 4.79 Å². The minimum Gasteiger partial charge on any atom is -0.382 e. The first-order valence-electron chi connectivity index (χ1n) is 12.3. The summed E-state index contributed by atoms with van der Waals surface area (Å²) in [4.78, 5) is 15.7. The van der Waals surface area contributed by atoms with Crippen molar-refractivity contribution in [1.82, 2.24) is 9.78 Å². The van der Waals surface area contributed by atoms with Crippen molar-refractivity contribution in [2.24, 2.45) is 15.3 Å². The first-order valence-corrected chi connectivity index (χ1v) is 15.3. The highest BCUT2D eigenvalue weighted by Crippen LogP contribution is 2.35. The molecule has 2 aliphatic rings. The molecule has 0 saturated heterocycles. The zero-order valence-electron chi connectivity index (χ0n) is 21.3. The molecular formula is C27H24N6O5S2. The zero-order valence-corrected chi connectivity index (χ0v) is 22.9. The number of hydrogen-bond acceptors (Lipinski definition) is 7. The van der Waals surface area contributed by atoms with Crippen molar-refractivity contribution in [2.75, 3.05) is 11.4 Å². The average Bonchev–Trinajstić information content (AvgIpc) is 3.42. The molecule has 0 fully saturated rings. The molecule has 0 bridgehead atoms. The van der Waals surface area contributed by atoms with Crippen molar-refractivity contribution in [3.63, 3.8) is 0 Å². The molecule has 0 radical (unpaired) electrons. The van der Waals surface area contributed by atoms with Crippen molar-refractivity contribution in [2.45, 2.75) is 29.6 Å². The number of anilines is 1. The Morgan fingerprint density at radius 1 is 1.00 bits per heavy atom. The molecule has 0 aliphatic carbocycles. The fraction of sp³-hybridized carbons (Fsp3) is 0.148. The van der Waals surface area contributed by atoms with Crippen LogP contribution in [-0.4, -0.2) is 44.9 Å². The van der Waals surface area contributed by atoms with Crippen LogP contribution in [0.2, 0.25) is 0 Å². The molecule has 1 aromatic heterocycles. The molecule has 3 aromatic carbocycles. The molecule has 0 atom stereocenters. The number of carbonyl (C=O) groups is 1. The predicted octanol–water partition coefficient (Wildman–Crippen LogP) is 2.50. The Kier molecular flexibility index (Phi) is 5.91. The summed E-state index contributed by atoms with van der Waals surface area (Å²) in [7, 11) is -7.77. The number of sulfonamides is 2. The summed E-state index contributed by atoms with van der Waals surface area (Å²) in [6.07, 6.45) is 1.41. The standard InChI is InChI=1S/C27H24N6O5S2/c1-16-13-23(33(30-16)19-9-11-25-21(15-19)26(28)31-40(25,37)38)27(34)32-12-4-5-18-14-17(8-10-22(18)32)20-6-2-3-7-24(20)39(29,35)36/h2-3,6-11,13-15H,4-5,12H2,1H3,(H2,28,31)(H2,29,35,36). The van der Waals surface area contributed by atoms with Crippen LogP contribution in [0.5, 0.6) is 0 Å². The molecule has 13 heteroatoms. The fourth-order valence-corrected chi connectivity index (χ4v) is 7.12. The van der Waals surface area contributed by atoms with Crippen LogP contribution < -0.4 is 15.8 Å². The van der Waals surface area contributed by atoms with E-state index in [0.29, 0.717) is 47.6 Å². The molecule has 204 valence electrons. The third kappa shape index (κ3) is 4.28. The van der Waals surface area contributed by atoms with Crippen LogP contribution in [0.1, 0.15) is 33.7 Å². The third-order valence-corrected chi connectivity index (χ3v) is 9.30. The lowest BCUT2D eigenvalue weighted by Crippen LogP contribution is -2.36. The number of carbonyl (C=O) groups excluding carboxylic acids is 1. The first-order chi connectivity index (χ1) is 18.9. The second-order valence-electron chi connectivity index (χ2n) is 9.66. The lowest BCUT2D eigenvalue weighted by atomic mass is 9.96. The Bertz CT molecular complexity index is 1980. The van der Waals surface area contributed by atoms with Crippen LogP contribution in [0.25, 0.3) is 16.8 Å². The quantitative estimate of drug-likeness (QED) is 0.376. The average molecular weight is 577 g/mol. The molecule has 40 heavy (non-hydrogen) atoms. The predicted molar refractivity (Wildman–Crippen MR) is 149 cm³/mol. The number of amides is 1. The maximum atomic E-state index is 13.9. The maximum Gasteiger partial charge on any atom is 0.285 e. The number of nitrogens with zero attached hydrogens (tertiary/aromatic N) is 4. The van der Waals surface area contributed by atoms with Gasteiger partial charge in [0.2, 0.25) is 10.0 Å². The molecule has 4 aromatic rings. The smallest absolute Gasteiger partial charge is 0.285 e. The molecule has 0 saturated carbocycles. The van der Waals surface area contributed by atoms with Crippen LogP contribution in [0, 0.1) is 6.92 Å². The van der Waals surface area contributed by atoms with E-state index in [9.17, 15) is 21.6 Å². The summed E-state index contributed by atoms with van der Waals surface area (Å²) in [6.45, 7) is 2.24. The van der Waals surface area contributed by atoms with E-state index in [1.165, 1.54) is 16.8 Å². The van der Waals surface area contributed by atoms with Gasteiger partial charge in [-0.2, -0.15) is 13.5 Å². The first kappa shape index (κ1) is 25.9. The minimum atomic E-state index is -3.93. The molecule has 11 nitrogen and oxygen atoms in total. The molecule has 4 N–H and O–H groups in total. The van der Waals surface area contributed by atoms with Crippen LogP contribution in [-0.2, 0) is 26.5 Å². The topological polar surface area (TPSA) is 171 Å².